The van der Waals surface area contributed by atoms with E-state index in [2.05, 4.69) is 15.1 Å². The van der Waals surface area contributed by atoms with E-state index in [1.165, 1.54) is 0 Å². The molecule has 0 spiro atoms. The Morgan fingerprint density at radius 1 is 1.18 bits per heavy atom. The molecular weight excluding hydrogens is 296 g/mol. The fourth-order valence-electron chi connectivity index (χ4n) is 2.66. The smallest absolute Gasteiger partial charge is 0.270 e. The lowest BCUT2D eigenvalue weighted by molar-refractivity contribution is 0.229. The minimum atomic E-state index is -0.408. The maximum absolute atomic E-state index is 6.27. The van der Waals surface area contributed by atoms with Crippen LogP contribution in [0.1, 0.15) is 30.1 Å². The molecule has 1 aliphatic carbocycles. The summed E-state index contributed by atoms with van der Waals surface area (Å²) >= 11 is 1.56. The van der Waals surface area contributed by atoms with Gasteiger partial charge >= 0.3 is 0 Å². The monoisotopic (exact) mass is 312 g/mol. The molecule has 0 unspecified atom stereocenters. The van der Waals surface area contributed by atoms with Crippen LogP contribution in [0.25, 0.3) is 22.0 Å². The van der Waals surface area contributed by atoms with E-state index in [0.717, 1.165) is 40.4 Å². The molecule has 2 heterocycles. The Morgan fingerprint density at radius 2 is 1.95 bits per heavy atom. The number of nitrogens with zero attached hydrogens (tertiary/aromatic N) is 3. The van der Waals surface area contributed by atoms with Crippen molar-refractivity contribution in [3.05, 3.63) is 41.2 Å². The molecule has 5 nitrogen and oxygen atoms in total. The van der Waals surface area contributed by atoms with Gasteiger partial charge in [-0.1, -0.05) is 35.5 Å². The van der Waals surface area contributed by atoms with Gasteiger partial charge in [0, 0.05) is 5.56 Å². The Labute approximate surface area is 132 Å². The number of thiazole rings is 1. The Bertz CT molecular complexity index is 805. The van der Waals surface area contributed by atoms with E-state index in [0.29, 0.717) is 11.7 Å². The normalized spacial score (nSPS) is 16.5. The lowest BCUT2D eigenvalue weighted by Gasteiger charge is -2.34. The van der Waals surface area contributed by atoms with Gasteiger partial charge in [-0.2, -0.15) is 4.98 Å². The molecule has 4 rings (SSSR count). The summed E-state index contributed by atoms with van der Waals surface area (Å²) in [6, 6.07) is 10.0. The molecule has 1 aliphatic rings. The first-order valence-corrected chi connectivity index (χ1v) is 8.14. The largest absolute Gasteiger partial charge is 0.333 e. The first kappa shape index (κ1) is 13.6. The number of rotatable bonds is 3. The van der Waals surface area contributed by atoms with E-state index in [4.69, 9.17) is 10.3 Å². The first-order chi connectivity index (χ1) is 10.7. The SMILES string of the molecule is Cc1nc(-c2ccccc2)c(-c2nc(C3(N)CCC3)no2)s1. The van der Waals surface area contributed by atoms with E-state index >= 15 is 0 Å². The number of aromatic nitrogens is 3. The van der Waals surface area contributed by atoms with Crippen molar-refractivity contribution in [2.75, 3.05) is 0 Å². The topological polar surface area (TPSA) is 77.8 Å². The zero-order valence-corrected chi connectivity index (χ0v) is 13.1. The highest BCUT2D eigenvalue weighted by atomic mass is 32.1. The Morgan fingerprint density at radius 3 is 2.64 bits per heavy atom. The van der Waals surface area contributed by atoms with Crippen molar-refractivity contribution in [3.63, 3.8) is 0 Å². The molecule has 0 amide bonds. The molecule has 112 valence electrons. The highest BCUT2D eigenvalue weighted by Crippen LogP contribution is 2.40. The van der Waals surface area contributed by atoms with Crippen LogP contribution >= 0.6 is 11.3 Å². The molecule has 1 fully saturated rings. The van der Waals surface area contributed by atoms with Crippen LogP contribution in [0.5, 0.6) is 0 Å². The highest BCUT2D eigenvalue weighted by molar-refractivity contribution is 7.15. The van der Waals surface area contributed by atoms with Crippen LogP contribution in [0, 0.1) is 6.92 Å². The molecular formula is C16H16N4OS. The van der Waals surface area contributed by atoms with Crippen LogP contribution in [0.2, 0.25) is 0 Å². The Kier molecular flexibility index (Phi) is 3.09. The summed E-state index contributed by atoms with van der Waals surface area (Å²) in [6.07, 6.45) is 2.95. The van der Waals surface area contributed by atoms with Crippen molar-refractivity contribution in [2.45, 2.75) is 31.7 Å². The molecule has 6 heteroatoms. The van der Waals surface area contributed by atoms with Crippen molar-refractivity contribution in [1.29, 1.82) is 0 Å². The summed E-state index contributed by atoms with van der Waals surface area (Å²) in [5.41, 5.74) is 7.80. The number of aryl methyl sites for hydroxylation is 1. The molecule has 2 N–H and O–H groups in total. The molecule has 2 aromatic heterocycles. The van der Waals surface area contributed by atoms with Crippen LogP contribution in [-0.2, 0) is 5.54 Å². The summed E-state index contributed by atoms with van der Waals surface area (Å²) in [7, 11) is 0. The van der Waals surface area contributed by atoms with Gasteiger partial charge in [0.05, 0.1) is 16.2 Å². The maximum Gasteiger partial charge on any atom is 0.270 e. The van der Waals surface area contributed by atoms with Crippen molar-refractivity contribution in [3.8, 4) is 22.0 Å². The molecule has 22 heavy (non-hydrogen) atoms. The first-order valence-electron chi connectivity index (χ1n) is 7.32. The van der Waals surface area contributed by atoms with Crippen LogP contribution in [-0.4, -0.2) is 15.1 Å². The summed E-state index contributed by atoms with van der Waals surface area (Å²) in [4.78, 5) is 10.1. The minimum Gasteiger partial charge on any atom is -0.333 e. The van der Waals surface area contributed by atoms with Crippen LogP contribution < -0.4 is 5.73 Å². The van der Waals surface area contributed by atoms with E-state index in [9.17, 15) is 0 Å². The summed E-state index contributed by atoms with van der Waals surface area (Å²) in [5, 5.41) is 5.07. The third kappa shape index (κ3) is 2.15. The van der Waals surface area contributed by atoms with Gasteiger partial charge in [-0.05, 0) is 26.2 Å². The second-order valence-corrected chi connectivity index (χ2v) is 6.91. The molecule has 0 saturated heterocycles. The van der Waals surface area contributed by atoms with E-state index in [1.807, 2.05) is 37.3 Å². The average Bonchev–Trinajstić information content (AvgIpc) is 3.12. The van der Waals surface area contributed by atoms with Gasteiger partial charge in [-0.15, -0.1) is 11.3 Å². The highest BCUT2D eigenvalue weighted by Gasteiger charge is 2.39. The summed E-state index contributed by atoms with van der Waals surface area (Å²) < 4.78 is 5.48. The number of benzene rings is 1. The lowest BCUT2D eigenvalue weighted by atomic mass is 9.77. The Hall–Kier alpha value is -2.05. The summed E-state index contributed by atoms with van der Waals surface area (Å²) in [5.74, 6) is 1.12. The van der Waals surface area contributed by atoms with Gasteiger partial charge < -0.3 is 10.3 Å². The number of nitrogens with two attached hydrogens (primary N) is 1. The minimum absolute atomic E-state index is 0.408. The second-order valence-electron chi connectivity index (χ2n) is 5.71. The zero-order valence-electron chi connectivity index (χ0n) is 12.2. The molecule has 1 aromatic carbocycles. The lowest BCUT2D eigenvalue weighted by Crippen LogP contribution is -2.44. The predicted molar refractivity (Wildman–Crippen MR) is 85.3 cm³/mol. The fourth-order valence-corrected chi connectivity index (χ4v) is 3.53. The molecule has 0 bridgehead atoms. The predicted octanol–water partition coefficient (Wildman–Crippen LogP) is 3.51. The van der Waals surface area contributed by atoms with Crippen LogP contribution in [0.4, 0.5) is 0 Å². The molecule has 1 saturated carbocycles. The molecule has 0 radical (unpaired) electrons. The maximum atomic E-state index is 6.27. The van der Waals surface area contributed by atoms with Gasteiger partial charge in [0.15, 0.2) is 5.82 Å². The van der Waals surface area contributed by atoms with Gasteiger partial charge in [0.2, 0.25) is 0 Å². The number of hydrogen-bond donors (Lipinski definition) is 1. The van der Waals surface area contributed by atoms with E-state index in [1.54, 1.807) is 11.3 Å². The van der Waals surface area contributed by atoms with E-state index < -0.39 is 5.54 Å². The molecule has 0 aliphatic heterocycles. The zero-order chi connectivity index (χ0) is 15.2. The van der Waals surface area contributed by atoms with Gasteiger partial charge in [0.1, 0.15) is 4.88 Å². The second kappa shape index (κ2) is 5.00. The summed E-state index contributed by atoms with van der Waals surface area (Å²) in [6.45, 7) is 1.98. The third-order valence-electron chi connectivity index (χ3n) is 4.09. The fraction of sp³-hybridized carbons (Fsp3) is 0.312. The Balaban J connectivity index is 1.77. The third-order valence-corrected chi connectivity index (χ3v) is 5.05. The average molecular weight is 312 g/mol. The molecule has 3 aromatic rings. The number of hydrogen-bond acceptors (Lipinski definition) is 6. The van der Waals surface area contributed by atoms with Gasteiger partial charge in [-0.3, -0.25) is 0 Å². The standard InChI is InChI=1S/C16H16N4OS/c1-10-18-12(11-6-3-2-4-7-11)13(22-10)14-19-15(20-21-14)16(17)8-5-9-16/h2-4,6-7H,5,8-9,17H2,1H3. The van der Waals surface area contributed by atoms with Crippen molar-refractivity contribution in [1.82, 2.24) is 15.1 Å². The van der Waals surface area contributed by atoms with Crippen LogP contribution in [0.3, 0.4) is 0 Å². The van der Waals surface area contributed by atoms with E-state index in [-0.39, 0.29) is 0 Å². The molecule has 0 atom stereocenters. The quantitative estimate of drug-likeness (QED) is 0.800. The van der Waals surface area contributed by atoms with Crippen molar-refractivity contribution >= 4 is 11.3 Å². The van der Waals surface area contributed by atoms with Crippen molar-refractivity contribution < 1.29 is 4.52 Å². The van der Waals surface area contributed by atoms with Gasteiger partial charge in [-0.25, -0.2) is 4.98 Å². The van der Waals surface area contributed by atoms with Gasteiger partial charge in [0.25, 0.3) is 5.89 Å². The van der Waals surface area contributed by atoms with Crippen molar-refractivity contribution in [2.24, 2.45) is 5.73 Å². The van der Waals surface area contributed by atoms with Crippen LogP contribution in [0.15, 0.2) is 34.9 Å².